The molecule has 0 aliphatic heterocycles. The molecule has 6 heteroatoms. The molecule has 0 aromatic heterocycles. The summed E-state index contributed by atoms with van der Waals surface area (Å²) in [6, 6.07) is 5.62. The van der Waals surface area contributed by atoms with Gasteiger partial charge in [0.2, 0.25) is 0 Å². The Kier molecular flexibility index (Phi) is 5.05. The van der Waals surface area contributed by atoms with Crippen molar-refractivity contribution in [3.05, 3.63) is 29.8 Å². The lowest BCUT2D eigenvalue weighted by atomic mass is 10.1. The fourth-order valence-electron chi connectivity index (χ4n) is 2.35. The largest absolute Gasteiger partial charge is 0.459 e. The number of hydrogen-bond acceptors (Lipinski definition) is 4. The summed E-state index contributed by atoms with van der Waals surface area (Å²) < 4.78 is 28.0. The van der Waals surface area contributed by atoms with Crippen LogP contribution in [0.1, 0.15) is 48.9 Å². The Morgan fingerprint density at radius 1 is 1.15 bits per heavy atom. The number of benzene rings is 1. The summed E-state index contributed by atoms with van der Waals surface area (Å²) in [5.41, 5.74) is 0.218. The van der Waals surface area contributed by atoms with Gasteiger partial charge in [-0.1, -0.05) is 18.9 Å². The van der Waals surface area contributed by atoms with Crippen LogP contribution >= 0.6 is 10.7 Å². The summed E-state index contributed by atoms with van der Waals surface area (Å²) in [5, 5.41) is 0. The molecule has 0 radical (unpaired) electrons. The van der Waals surface area contributed by atoms with Gasteiger partial charge in [0, 0.05) is 10.7 Å². The summed E-state index contributed by atoms with van der Waals surface area (Å²) in [6.07, 6.45) is 6.16. The van der Waals surface area contributed by atoms with Gasteiger partial charge in [-0.15, -0.1) is 0 Å². The quantitative estimate of drug-likeness (QED) is 0.486. The van der Waals surface area contributed by atoms with Gasteiger partial charge >= 0.3 is 5.97 Å². The first kappa shape index (κ1) is 15.3. The van der Waals surface area contributed by atoms with Gasteiger partial charge in [0.15, 0.2) is 0 Å². The first-order valence-corrected chi connectivity index (χ1v) is 9.03. The summed E-state index contributed by atoms with van der Waals surface area (Å²) in [5.74, 6) is -0.487. The summed E-state index contributed by atoms with van der Waals surface area (Å²) in [4.78, 5) is 12.0. The zero-order chi connectivity index (χ0) is 14.6. The fourth-order valence-corrected chi connectivity index (χ4v) is 3.15. The molecule has 1 aromatic rings. The number of halogens is 1. The van der Waals surface area contributed by atoms with Gasteiger partial charge in [0.05, 0.1) is 10.5 Å². The number of esters is 1. The van der Waals surface area contributed by atoms with E-state index in [1.807, 2.05) is 0 Å². The molecular weight excluding hydrogens is 300 g/mol. The average molecular weight is 317 g/mol. The van der Waals surface area contributed by atoms with E-state index in [1.165, 1.54) is 37.1 Å². The molecule has 0 amide bonds. The Morgan fingerprint density at radius 2 is 1.80 bits per heavy atom. The molecule has 1 aliphatic rings. The van der Waals surface area contributed by atoms with E-state index in [0.717, 1.165) is 25.7 Å². The highest BCUT2D eigenvalue weighted by Crippen LogP contribution is 2.22. The first-order chi connectivity index (χ1) is 9.47. The fraction of sp³-hybridized carbons (Fsp3) is 0.500. The average Bonchev–Trinajstić information content (AvgIpc) is 2.66. The molecule has 0 N–H and O–H groups in total. The summed E-state index contributed by atoms with van der Waals surface area (Å²) in [7, 11) is 1.44. The summed E-state index contributed by atoms with van der Waals surface area (Å²) in [6.45, 7) is 0. The molecule has 4 nitrogen and oxygen atoms in total. The number of carbonyl (C=O) groups is 1. The Hall–Kier alpha value is -1.07. The number of hydrogen-bond donors (Lipinski definition) is 0. The third kappa shape index (κ3) is 4.21. The van der Waals surface area contributed by atoms with Crippen molar-refractivity contribution in [3.63, 3.8) is 0 Å². The molecule has 1 aromatic carbocycles. The van der Waals surface area contributed by atoms with E-state index in [1.54, 1.807) is 0 Å². The standard InChI is InChI=1S/C14H17ClO4S/c15-20(17,18)13-9-5-6-11(10-13)14(16)19-12-7-3-1-2-4-8-12/h5-6,9-10,12H,1-4,7-8H2. The van der Waals surface area contributed by atoms with Crippen molar-refractivity contribution < 1.29 is 17.9 Å². The van der Waals surface area contributed by atoms with E-state index in [-0.39, 0.29) is 16.6 Å². The first-order valence-electron chi connectivity index (χ1n) is 6.72. The normalized spacial score (nSPS) is 17.4. The van der Waals surface area contributed by atoms with E-state index in [4.69, 9.17) is 15.4 Å². The van der Waals surface area contributed by atoms with Gasteiger partial charge in [-0.25, -0.2) is 13.2 Å². The molecule has 20 heavy (non-hydrogen) atoms. The summed E-state index contributed by atoms with van der Waals surface area (Å²) >= 11 is 0. The van der Waals surface area contributed by atoms with Gasteiger partial charge in [0.25, 0.3) is 9.05 Å². The SMILES string of the molecule is O=C(OC1CCCCCC1)c1cccc(S(=O)(=O)Cl)c1. The van der Waals surface area contributed by atoms with E-state index in [9.17, 15) is 13.2 Å². The Labute approximate surface area is 123 Å². The highest BCUT2D eigenvalue weighted by Gasteiger charge is 2.19. The minimum Gasteiger partial charge on any atom is -0.459 e. The van der Waals surface area contributed by atoms with Crippen LogP contribution in [0.25, 0.3) is 0 Å². The second-order valence-electron chi connectivity index (χ2n) is 4.98. The van der Waals surface area contributed by atoms with Crippen molar-refractivity contribution in [1.29, 1.82) is 0 Å². The second kappa shape index (κ2) is 6.59. The monoisotopic (exact) mass is 316 g/mol. The van der Waals surface area contributed by atoms with Crippen molar-refractivity contribution in [2.75, 3.05) is 0 Å². The minimum absolute atomic E-state index is 0.0683. The number of ether oxygens (including phenoxy) is 1. The molecule has 0 atom stereocenters. The second-order valence-corrected chi connectivity index (χ2v) is 7.55. The third-order valence-corrected chi connectivity index (χ3v) is 4.78. The van der Waals surface area contributed by atoms with Crippen molar-refractivity contribution >= 4 is 25.7 Å². The van der Waals surface area contributed by atoms with Crippen LogP contribution in [0.2, 0.25) is 0 Å². The van der Waals surface area contributed by atoms with E-state index >= 15 is 0 Å². The highest BCUT2D eigenvalue weighted by atomic mass is 35.7. The van der Waals surface area contributed by atoms with Gasteiger partial charge in [0.1, 0.15) is 6.10 Å². The molecule has 1 saturated carbocycles. The molecule has 2 rings (SSSR count). The molecule has 0 spiro atoms. The maximum atomic E-state index is 12.0. The smallest absolute Gasteiger partial charge is 0.338 e. The topological polar surface area (TPSA) is 60.4 Å². The van der Waals surface area contributed by atoms with Crippen LogP contribution in [-0.4, -0.2) is 20.5 Å². The Bertz CT molecular complexity index is 575. The maximum Gasteiger partial charge on any atom is 0.338 e. The predicted molar refractivity (Wildman–Crippen MR) is 76.4 cm³/mol. The Balaban J connectivity index is 2.09. The van der Waals surface area contributed by atoms with Crippen molar-refractivity contribution in [2.45, 2.75) is 49.5 Å². The molecule has 0 saturated heterocycles. The van der Waals surface area contributed by atoms with Gasteiger partial charge in [-0.2, -0.15) is 0 Å². The van der Waals surface area contributed by atoms with E-state index < -0.39 is 15.0 Å². The van der Waals surface area contributed by atoms with Crippen LogP contribution in [0.3, 0.4) is 0 Å². The molecule has 1 aliphatic carbocycles. The van der Waals surface area contributed by atoms with E-state index in [2.05, 4.69) is 0 Å². The predicted octanol–water partition coefficient (Wildman–Crippen LogP) is 3.49. The van der Waals surface area contributed by atoms with Crippen molar-refractivity contribution in [3.8, 4) is 0 Å². The third-order valence-electron chi connectivity index (χ3n) is 3.43. The van der Waals surface area contributed by atoms with Crippen LogP contribution in [0.15, 0.2) is 29.2 Å². The number of rotatable bonds is 3. The van der Waals surface area contributed by atoms with Crippen molar-refractivity contribution in [2.24, 2.45) is 0 Å². The zero-order valence-corrected chi connectivity index (χ0v) is 12.6. The maximum absolute atomic E-state index is 12.0. The lowest BCUT2D eigenvalue weighted by Gasteiger charge is -2.15. The van der Waals surface area contributed by atoms with Crippen LogP contribution < -0.4 is 0 Å². The van der Waals surface area contributed by atoms with Crippen LogP contribution in [0.5, 0.6) is 0 Å². The van der Waals surface area contributed by atoms with Crippen LogP contribution in [0, 0.1) is 0 Å². The lowest BCUT2D eigenvalue weighted by Crippen LogP contribution is -2.17. The molecule has 0 bridgehead atoms. The van der Waals surface area contributed by atoms with Crippen LogP contribution in [-0.2, 0) is 13.8 Å². The molecule has 110 valence electrons. The highest BCUT2D eigenvalue weighted by molar-refractivity contribution is 8.13. The Morgan fingerprint density at radius 3 is 2.40 bits per heavy atom. The number of carbonyl (C=O) groups excluding carboxylic acids is 1. The molecule has 0 unspecified atom stereocenters. The molecular formula is C14H17ClO4S. The van der Waals surface area contributed by atoms with Gasteiger partial charge < -0.3 is 4.74 Å². The lowest BCUT2D eigenvalue weighted by molar-refractivity contribution is 0.0267. The zero-order valence-electron chi connectivity index (χ0n) is 11.0. The minimum atomic E-state index is -3.83. The van der Waals surface area contributed by atoms with Gasteiger partial charge in [-0.3, -0.25) is 0 Å². The van der Waals surface area contributed by atoms with E-state index in [0.29, 0.717) is 0 Å². The van der Waals surface area contributed by atoms with Crippen molar-refractivity contribution in [1.82, 2.24) is 0 Å². The van der Waals surface area contributed by atoms with Gasteiger partial charge in [-0.05, 0) is 43.9 Å². The molecule has 1 fully saturated rings. The van der Waals surface area contributed by atoms with Crippen LogP contribution in [0.4, 0.5) is 0 Å². The molecule has 0 heterocycles.